The summed E-state index contributed by atoms with van der Waals surface area (Å²) in [6.45, 7) is 0.768. The topological polar surface area (TPSA) is 65.0 Å². The maximum absolute atomic E-state index is 13.0. The first-order chi connectivity index (χ1) is 12.4. The predicted octanol–water partition coefficient (Wildman–Crippen LogP) is 3.58. The van der Waals surface area contributed by atoms with Crippen molar-refractivity contribution in [2.75, 3.05) is 6.79 Å². The van der Waals surface area contributed by atoms with Crippen molar-refractivity contribution in [1.82, 2.24) is 0 Å². The van der Waals surface area contributed by atoms with Gasteiger partial charge in [-0.2, -0.15) is 0 Å². The maximum Gasteiger partial charge on any atom is 0.312 e. The van der Waals surface area contributed by atoms with Gasteiger partial charge in [0, 0.05) is 16.1 Å². The fraction of sp³-hybridized carbons (Fsp3) is 0.650. The second-order valence-electron chi connectivity index (χ2n) is 8.71. The molecule has 4 bridgehead atoms. The van der Waals surface area contributed by atoms with Gasteiger partial charge in [0.25, 0.3) is 0 Å². The van der Waals surface area contributed by atoms with Crippen LogP contribution in [0.25, 0.3) is 0 Å². The molecule has 1 aromatic rings. The minimum atomic E-state index is -0.668. The molecular weight excluding hydrogens is 356 g/mol. The largest absolute Gasteiger partial charge is 0.467 e. The number of esters is 1. The number of carbonyl (C=O) groups is 1. The highest BCUT2D eigenvalue weighted by atomic mass is 35.5. The first-order valence-electron chi connectivity index (χ1n) is 9.36. The molecule has 4 fully saturated rings. The summed E-state index contributed by atoms with van der Waals surface area (Å²) in [5, 5.41) is 11.4. The molecule has 4 saturated carbocycles. The van der Waals surface area contributed by atoms with Gasteiger partial charge < -0.3 is 19.3 Å². The molecule has 0 saturated heterocycles. The van der Waals surface area contributed by atoms with Gasteiger partial charge in [-0.15, -0.1) is 0 Å². The molecule has 6 heteroatoms. The molecule has 4 aliphatic carbocycles. The monoisotopic (exact) mass is 378 g/mol. The summed E-state index contributed by atoms with van der Waals surface area (Å²) in [6.07, 6.45) is 5.07. The Balaban J connectivity index is 1.35. The van der Waals surface area contributed by atoms with E-state index in [0.717, 1.165) is 43.2 Å². The fourth-order valence-corrected chi connectivity index (χ4v) is 6.38. The summed E-state index contributed by atoms with van der Waals surface area (Å²) in [4.78, 5) is 13.0. The lowest BCUT2D eigenvalue weighted by atomic mass is 9.48. The van der Waals surface area contributed by atoms with Crippen LogP contribution in [0, 0.1) is 17.3 Å². The number of halogens is 1. The van der Waals surface area contributed by atoms with Crippen LogP contribution >= 0.6 is 11.6 Å². The second-order valence-corrected chi connectivity index (χ2v) is 9.14. The zero-order valence-corrected chi connectivity index (χ0v) is 15.4. The first kappa shape index (κ1) is 16.8. The molecule has 0 amide bonds. The molecular formula is C20H23ClO5. The molecule has 0 radical (unpaired) electrons. The number of ether oxygens (including phenoxy) is 3. The van der Waals surface area contributed by atoms with Gasteiger partial charge in [0.05, 0.1) is 17.6 Å². The van der Waals surface area contributed by atoms with Gasteiger partial charge in [-0.05, 0) is 62.5 Å². The van der Waals surface area contributed by atoms with Gasteiger partial charge in [-0.25, -0.2) is 0 Å². The van der Waals surface area contributed by atoms with Crippen LogP contribution in [0.2, 0.25) is 5.02 Å². The lowest BCUT2D eigenvalue weighted by Crippen LogP contribution is -2.58. The van der Waals surface area contributed by atoms with Crippen molar-refractivity contribution in [2.45, 2.75) is 57.3 Å². The normalized spacial score (nSPS) is 37.2. The number of aliphatic hydroxyl groups is 1. The van der Waals surface area contributed by atoms with Crippen molar-refractivity contribution in [1.29, 1.82) is 0 Å². The molecule has 1 aromatic carbocycles. The van der Waals surface area contributed by atoms with E-state index in [4.69, 9.17) is 25.8 Å². The number of rotatable bonds is 3. The average Bonchev–Trinajstić information content (AvgIpc) is 2.57. The standard InChI is InChI=1S/C20H23ClO5/c21-16-2-14-8-24-11-26-17(14)15(3-16)9-25-18(22)19-4-12-1-13(5-19)7-20(23,6-12)10-19/h2-3,12-13,23H,1,4-11H2/t12-,13+,19?,20?. The van der Waals surface area contributed by atoms with E-state index in [0.29, 0.717) is 35.6 Å². The van der Waals surface area contributed by atoms with Crippen molar-refractivity contribution >= 4 is 17.6 Å². The molecule has 4 atom stereocenters. The summed E-state index contributed by atoms with van der Waals surface area (Å²) in [6, 6.07) is 3.60. The Bertz CT molecular complexity index is 747. The molecule has 0 spiro atoms. The van der Waals surface area contributed by atoms with Gasteiger partial charge in [-0.1, -0.05) is 11.6 Å². The molecule has 5 aliphatic rings. The van der Waals surface area contributed by atoms with Gasteiger partial charge >= 0.3 is 5.97 Å². The van der Waals surface area contributed by atoms with E-state index in [1.807, 2.05) is 6.07 Å². The zero-order chi connectivity index (χ0) is 17.9. The van der Waals surface area contributed by atoms with Crippen LogP contribution in [-0.4, -0.2) is 23.5 Å². The third-order valence-corrected chi connectivity index (χ3v) is 6.79. The molecule has 2 unspecified atom stereocenters. The summed E-state index contributed by atoms with van der Waals surface area (Å²) in [5.74, 6) is 1.44. The van der Waals surface area contributed by atoms with Crippen LogP contribution in [0.4, 0.5) is 0 Å². The Morgan fingerprint density at radius 2 is 2.04 bits per heavy atom. The third-order valence-electron chi connectivity index (χ3n) is 6.57. The highest BCUT2D eigenvalue weighted by molar-refractivity contribution is 6.30. The van der Waals surface area contributed by atoms with Crippen molar-refractivity contribution < 1.29 is 24.1 Å². The van der Waals surface area contributed by atoms with E-state index in [1.54, 1.807) is 6.07 Å². The Kier molecular flexibility index (Phi) is 3.79. The van der Waals surface area contributed by atoms with E-state index in [2.05, 4.69) is 0 Å². The van der Waals surface area contributed by atoms with Crippen LogP contribution in [-0.2, 0) is 27.5 Å². The quantitative estimate of drug-likeness (QED) is 0.814. The first-order valence-corrected chi connectivity index (χ1v) is 9.74. The second kappa shape index (κ2) is 5.85. The number of benzene rings is 1. The zero-order valence-electron chi connectivity index (χ0n) is 14.6. The van der Waals surface area contributed by atoms with Crippen molar-refractivity contribution in [3.8, 4) is 5.75 Å². The van der Waals surface area contributed by atoms with E-state index < -0.39 is 11.0 Å². The lowest BCUT2D eigenvalue weighted by molar-refractivity contribution is -0.197. The molecule has 0 aromatic heterocycles. The maximum atomic E-state index is 13.0. The molecule has 5 nitrogen and oxygen atoms in total. The van der Waals surface area contributed by atoms with Crippen LogP contribution in [0.5, 0.6) is 5.75 Å². The third kappa shape index (κ3) is 2.72. The minimum Gasteiger partial charge on any atom is -0.467 e. The molecule has 1 N–H and O–H groups in total. The smallest absolute Gasteiger partial charge is 0.312 e. The van der Waals surface area contributed by atoms with Gasteiger partial charge in [0.15, 0.2) is 6.79 Å². The van der Waals surface area contributed by atoms with E-state index in [-0.39, 0.29) is 19.4 Å². The van der Waals surface area contributed by atoms with Crippen LogP contribution < -0.4 is 4.74 Å². The van der Waals surface area contributed by atoms with Crippen molar-refractivity contribution in [3.63, 3.8) is 0 Å². The fourth-order valence-electron chi connectivity index (χ4n) is 6.11. The predicted molar refractivity (Wildman–Crippen MR) is 93.6 cm³/mol. The van der Waals surface area contributed by atoms with E-state index >= 15 is 0 Å². The molecule has 1 heterocycles. The molecule has 26 heavy (non-hydrogen) atoms. The summed E-state index contributed by atoms with van der Waals surface area (Å²) >= 11 is 6.19. The van der Waals surface area contributed by atoms with Crippen molar-refractivity contribution in [2.24, 2.45) is 17.3 Å². The van der Waals surface area contributed by atoms with E-state index in [9.17, 15) is 9.90 Å². The Morgan fingerprint density at radius 3 is 2.77 bits per heavy atom. The number of carbonyl (C=O) groups excluding carboxylic acids is 1. The molecule has 6 rings (SSSR count). The molecule has 1 aliphatic heterocycles. The highest BCUT2D eigenvalue weighted by Gasteiger charge is 2.60. The lowest BCUT2D eigenvalue weighted by Gasteiger charge is -2.58. The van der Waals surface area contributed by atoms with Gasteiger partial charge in [0.2, 0.25) is 0 Å². The van der Waals surface area contributed by atoms with E-state index in [1.165, 1.54) is 0 Å². The molecule has 140 valence electrons. The number of hydrogen-bond acceptors (Lipinski definition) is 5. The van der Waals surface area contributed by atoms with Crippen molar-refractivity contribution in [3.05, 3.63) is 28.3 Å². The number of hydrogen-bond donors (Lipinski definition) is 1. The SMILES string of the molecule is O=C(OCc1cc(Cl)cc2c1OCOC2)C12C[C@@H]3C[C@@H](CC(O)(C3)C1)C2. The minimum absolute atomic E-state index is 0.136. The Morgan fingerprint density at radius 1 is 1.27 bits per heavy atom. The van der Waals surface area contributed by atoms with Gasteiger partial charge in [-0.3, -0.25) is 4.79 Å². The number of fused-ring (bicyclic) bond motifs is 1. The highest BCUT2D eigenvalue weighted by Crippen LogP contribution is 2.62. The van der Waals surface area contributed by atoms with Crippen LogP contribution in [0.3, 0.4) is 0 Å². The summed E-state index contributed by atoms with van der Waals surface area (Å²) < 4.78 is 16.6. The Hall–Kier alpha value is -1.30. The summed E-state index contributed by atoms with van der Waals surface area (Å²) in [7, 11) is 0. The van der Waals surface area contributed by atoms with Crippen LogP contribution in [0.1, 0.15) is 49.7 Å². The Labute approximate surface area is 157 Å². The summed E-state index contributed by atoms with van der Waals surface area (Å²) in [5.41, 5.74) is 0.465. The van der Waals surface area contributed by atoms with Crippen LogP contribution in [0.15, 0.2) is 12.1 Å². The average molecular weight is 379 g/mol. The van der Waals surface area contributed by atoms with Gasteiger partial charge in [0.1, 0.15) is 12.4 Å².